The van der Waals surface area contributed by atoms with Crippen LogP contribution in [-0.4, -0.2) is 31.2 Å². The standard InChI is InChI=1S/C10H16N2O3/c1-15-7-5-3-2-4-6(7)8-9(13)12-10(14)11-8/h6-8H,2-5H2,1H3,(H2,11,12,13,14)/t6-,7+,8-/m0/s1. The molecule has 1 saturated carbocycles. The van der Waals surface area contributed by atoms with Gasteiger partial charge in [-0.15, -0.1) is 0 Å². The molecule has 0 spiro atoms. The number of imide groups is 1. The Morgan fingerprint density at radius 2 is 2.00 bits per heavy atom. The molecule has 2 fully saturated rings. The molecule has 2 N–H and O–H groups in total. The molecule has 15 heavy (non-hydrogen) atoms. The summed E-state index contributed by atoms with van der Waals surface area (Å²) in [5.74, 6) is -0.0934. The van der Waals surface area contributed by atoms with Gasteiger partial charge in [-0.3, -0.25) is 10.1 Å². The minimum absolute atomic E-state index is 0.0906. The molecule has 1 aliphatic heterocycles. The summed E-state index contributed by atoms with van der Waals surface area (Å²) in [7, 11) is 1.66. The molecule has 0 aromatic rings. The molecule has 2 rings (SSSR count). The average Bonchev–Trinajstić information content (AvgIpc) is 2.57. The fourth-order valence-corrected chi connectivity index (χ4v) is 2.53. The van der Waals surface area contributed by atoms with E-state index in [2.05, 4.69) is 10.6 Å². The average molecular weight is 212 g/mol. The summed E-state index contributed by atoms with van der Waals surface area (Å²) in [6.07, 6.45) is 4.24. The van der Waals surface area contributed by atoms with E-state index in [1.165, 1.54) is 0 Å². The van der Waals surface area contributed by atoms with Gasteiger partial charge in [-0.1, -0.05) is 12.8 Å². The van der Waals surface area contributed by atoms with Crippen molar-refractivity contribution in [3.63, 3.8) is 0 Å². The van der Waals surface area contributed by atoms with E-state index in [4.69, 9.17) is 4.74 Å². The first-order valence-electron chi connectivity index (χ1n) is 5.36. The number of nitrogens with one attached hydrogen (secondary N) is 2. The van der Waals surface area contributed by atoms with E-state index in [-0.39, 0.29) is 24.0 Å². The molecule has 5 heteroatoms. The second kappa shape index (κ2) is 4.18. The summed E-state index contributed by atoms with van der Waals surface area (Å²) in [5, 5.41) is 4.92. The molecule has 5 nitrogen and oxygen atoms in total. The molecule has 0 bridgehead atoms. The summed E-state index contributed by atoms with van der Waals surface area (Å²) < 4.78 is 5.37. The first-order valence-corrected chi connectivity index (χ1v) is 5.36. The molecule has 0 aromatic carbocycles. The van der Waals surface area contributed by atoms with Crippen molar-refractivity contribution in [1.82, 2.24) is 10.6 Å². The molecular formula is C10H16N2O3. The molecule has 1 heterocycles. The second-order valence-corrected chi connectivity index (χ2v) is 4.16. The topological polar surface area (TPSA) is 67.4 Å². The Hall–Kier alpha value is -1.10. The van der Waals surface area contributed by atoms with E-state index in [0.717, 1.165) is 25.7 Å². The van der Waals surface area contributed by atoms with Gasteiger partial charge in [-0.05, 0) is 12.8 Å². The van der Waals surface area contributed by atoms with Crippen LogP contribution in [0.2, 0.25) is 0 Å². The smallest absolute Gasteiger partial charge is 0.322 e. The number of carbonyl (C=O) groups is 2. The third-order valence-corrected chi connectivity index (χ3v) is 3.29. The predicted molar refractivity (Wildman–Crippen MR) is 53.2 cm³/mol. The van der Waals surface area contributed by atoms with E-state index >= 15 is 0 Å². The number of urea groups is 1. The van der Waals surface area contributed by atoms with Crippen LogP contribution >= 0.6 is 0 Å². The van der Waals surface area contributed by atoms with E-state index in [0.29, 0.717) is 0 Å². The molecule has 1 saturated heterocycles. The Bertz CT molecular complexity index is 280. The lowest BCUT2D eigenvalue weighted by atomic mass is 9.81. The first kappa shape index (κ1) is 10.4. The number of carbonyl (C=O) groups excluding carboxylic acids is 2. The SMILES string of the molecule is CO[C@@H]1CCCC[C@@H]1[C@@H]1NC(=O)NC1=O. The van der Waals surface area contributed by atoms with Gasteiger partial charge in [-0.2, -0.15) is 0 Å². The van der Waals surface area contributed by atoms with Crippen LogP contribution in [0, 0.1) is 5.92 Å². The number of amides is 3. The fourth-order valence-electron chi connectivity index (χ4n) is 2.53. The molecule has 1 aliphatic carbocycles. The van der Waals surface area contributed by atoms with Crippen LogP contribution in [0.15, 0.2) is 0 Å². The summed E-state index contributed by atoms with van der Waals surface area (Å²) >= 11 is 0. The van der Waals surface area contributed by atoms with Crippen molar-refractivity contribution in [1.29, 1.82) is 0 Å². The van der Waals surface area contributed by atoms with Crippen LogP contribution in [0.4, 0.5) is 4.79 Å². The van der Waals surface area contributed by atoms with E-state index in [1.54, 1.807) is 7.11 Å². The molecular weight excluding hydrogens is 196 g/mol. The van der Waals surface area contributed by atoms with Gasteiger partial charge in [0.2, 0.25) is 0 Å². The van der Waals surface area contributed by atoms with Crippen LogP contribution in [-0.2, 0) is 9.53 Å². The van der Waals surface area contributed by atoms with Crippen LogP contribution in [0.1, 0.15) is 25.7 Å². The van der Waals surface area contributed by atoms with Crippen molar-refractivity contribution in [2.24, 2.45) is 5.92 Å². The van der Waals surface area contributed by atoms with Gasteiger partial charge < -0.3 is 10.1 Å². The molecule has 3 atom stereocenters. The summed E-state index contributed by atoms with van der Waals surface area (Å²) in [6, 6.07) is -0.784. The number of ether oxygens (including phenoxy) is 1. The van der Waals surface area contributed by atoms with Gasteiger partial charge in [-0.25, -0.2) is 4.79 Å². The van der Waals surface area contributed by atoms with E-state index in [1.807, 2.05) is 0 Å². The summed E-state index contributed by atoms with van der Waals surface area (Å²) in [6.45, 7) is 0. The molecule has 2 aliphatic rings. The van der Waals surface area contributed by atoms with Crippen LogP contribution in [0.5, 0.6) is 0 Å². The monoisotopic (exact) mass is 212 g/mol. The molecule has 84 valence electrons. The van der Waals surface area contributed by atoms with Gasteiger partial charge >= 0.3 is 6.03 Å². The quantitative estimate of drug-likeness (QED) is 0.651. The number of methoxy groups -OCH3 is 1. The highest BCUT2D eigenvalue weighted by molar-refractivity contribution is 6.04. The van der Waals surface area contributed by atoms with E-state index in [9.17, 15) is 9.59 Å². The Kier molecular flexibility index (Phi) is 2.90. The maximum absolute atomic E-state index is 11.5. The highest BCUT2D eigenvalue weighted by atomic mass is 16.5. The number of hydrogen-bond donors (Lipinski definition) is 2. The molecule has 0 aromatic heterocycles. The lowest BCUT2D eigenvalue weighted by Crippen LogP contribution is -2.45. The van der Waals surface area contributed by atoms with E-state index < -0.39 is 6.04 Å². The van der Waals surface area contributed by atoms with Gasteiger partial charge in [0, 0.05) is 13.0 Å². The van der Waals surface area contributed by atoms with Crippen LogP contribution in [0.25, 0.3) is 0 Å². The minimum atomic E-state index is -0.400. The van der Waals surface area contributed by atoms with Gasteiger partial charge in [0.25, 0.3) is 5.91 Å². The molecule has 3 amide bonds. The lowest BCUT2D eigenvalue weighted by molar-refractivity contribution is -0.123. The second-order valence-electron chi connectivity index (χ2n) is 4.16. The van der Waals surface area contributed by atoms with Crippen molar-refractivity contribution in [3.05, 3.63) is 0 Å². The van der Waals surface area contributed by atoms with Crippen molar-refractivity contribution in [3.8, 4) is 0 Å². The maximum atomic E-state index is 11.5. The Labute approximate surface area is 88.5 Å². The highest BCUT2D eigenvalue weighted by Crippen LogP contribution is 2.30. The van der Waals surface area contributed by atoms with Crippen molar-refractivity contribution in [2.75, 3.05) is 7.11 Å². The maximum Gasteiger partial charge on any atom is 0.322 e. The molecule has 0 radical (unpaired) electrons. The zero-order valence-corrected chi connectivity index (χ0v) is 8.79. The van der Waals surface area contributed by atoms with Crippen LogP contribution < -0.4 is 10.6 Å². The lowest BCUT2D eigenvalue weighted by Gasteiger charge is -2.32. The van der Waals surface area contributed by atoms with Gasteiger partial charge in [0.05, 0.1) is 6.10 Å². The first-order chi connectivity index (χ1) is 7.22. The molecule has 0 unspecified atom stereocenters. The zero-order chi connectivity index (χ0) is 10.8. The van der Waals surface area contributed by atoms with Crippen molar-refractivity contribution < 1.29 is 14.3 Å². The predicted octanol–water partition coefficient (Wildman–Crippen LogP) is 0.400. The highest BCUT2D eigenvalue weighted by Gasteiger charge is 2.41. The van der Waals surface area contributed by atoms with Gasteiger partial charge in [0.15, 0.2) is 0 Å². The Morgan fingerprint density at radius 3 is 2.60 bits per heavy atom. The van der Waals surface area contributed by atoms with Crippen molar-refractivity contribution in [2.45, 2.75) is 37.8 Å². The third kappa shape index (κ3) is 1.97. The normalized spacial score (nSPS) is 36.2. The fraction of sp³-hybridized carbons (Fsp3) is 0.800. The summed E-state index contributed by atoms with van der Waals surface area (Å²) in [5.41, 5.74) is 0. The van der Waals surface area contributed by atoms with Crippen LogP contribution in [0.3, 0.4) is 0 Å². The van der Waals surface area contributed by atoms with Gasteiger partial charge in [0.1, 0.15) is 6.04 Å². The summed E-state index contributed by atoms with van der Waals surface area (Å²) in [4.78, 5) is 22.5. The zero-order valence-electron chi connectivity index (χ0n) is 8.79. The van der Waals surface area contributed by atoms with Crippen molar-refractivity contribution >= 4 is 11.9 Å². The Balaban J connectivity index is 2.07. The number of hydrogen-bond acceptors (Lipinski definition) is 3. The largest absolute Gasteiger partial charge is 0.381 e. The third-order valence-electron chi connectivity index (χ3n) is 3.29. The number of rotatable bonds is 2. The Morgan fingerprint density at radius 1 is 1.27 bits per heavy atom. The minimum Gasteiger partial charge on any atom is -0.381 e.